The van der Waals surface area contributed by atoms with Crippen LogP contribution in [0.4, 0.5) is 11.6 Å². The first-order chi connectivity index (χ1) is 7.77. The molecule has 1 aromatic heterocycles. The summed E-state index contributed by atoms with van der Waals surface area (Å²) in [6.07, 6.45) is 3.10. The third-order valence-electron chi connectivity index (χ3n) is 2.15. The second-order valence-electron chi connectivity index (χ2n) is 3.52. The van der Waals surface area contributed by atoms with Gasteiger partial charge < -0.3 is 10.2 Å². The van der Waals surface area contributed by atoms with E-state index < -0.39 is 0 Å². The van der Waals surface area contributed by atoms with Gasteiger partial charge in [0, 0.05) is 26.2 Å². The van der Waals surface area contributed by atoms with Crippen molar-refractivity contribution in [3.63, 3.8) is 0 Å². The van der Waals surface area contributed by atoms with Crippen LogP contribution in [0.3, 0.4) is 0 Å². The average molecular weight is 219 g/mol. The molecule has 0 amide bonds. The summed E-state index contributed by atoms with van der Waals surface area (Å²) >= 11 is 0. The van der Waals surface area contributed by atoms with Gasteiger partial charge in [-0.2, -0.15) is 5.26 Å². The third-order valence-corrected chi connectivity index (χ3v) is 2.15. The molecule has 0 aliphatic rings. The SMILES string of the molecule is CCCN(C)c1cc(NCCC#N)ncn1. The summed E-state index contributed by atoms with van der Waals surface area (Å²) in [5, 5.41) is 11.5. The summed E-state index contributed by atoms with van der Waals surface area (Å²) in [6, 6.07) is 3.98. The van der Waals surface area contributed by atoms with Crippen molar-refractivity contribution < 1.29 is 0 Å². The second-order valence-corrected chi connectivity index (χ2v) is 3.52. The minimum Gasteiger partial charge on any atom is -0.369 e. The highest BCUT2D eigenvalue weighted by molar-refractivity contribution is 5.47. The van der Waals surface area contributed by atoms with Crippen molar-refractivity contribution in [2.24, 2.45) is 0 Å². The molecule has 16 heavy (non-hydrogen) atoms. The molecular formula is C11H17N5. The minimum atomic E-state index is 0.476. The van der Waals surface area contributed by atoms with Gasteiger partial charge in [0.1, 0.15) is 18.0 Å². The molecule has 5 nitrogen and oxygen atoms in total. The van der Waals surface area contributed by atoms with E-state index in [9.17, 15) is 0 Å². The summed E-state index contributed by atoms with van der Waals surface area (Å²) in [4.78, 5) is 10.4. The van der Waals surface area contributed by atoms with Crippen molar-refractivity contribution in [3.8, 4) is 6.07 Å². The molecule has 5 heteroatoms. The standard InChI is InChI=1S/C11H17N5/c1-3-7-16(2)11-8-10(14-9-15-11)13-6-4-5-12/h8-9H,3-4,6-7H2,1-2H3,(H,13,14,15). The predicted octanol–water partition coefficient (Wildman–Crippen LogP) is 1.65. The number of aromatic nitrogens is 2. The van der Waals surface area contributed by atoms with Crippen LogP contribution in [0.15, 0.2) is 12.4 Å². The molecule has 0 spiro atoms. The molecule has 0 bridgehead atoms. The van der Waals surface area contributed by atoms with Gasteiger partial charge in [0.2, 0.25) is 0 Å². The molecule has 0 radical (unpaired) electrons. The van der Waals surface area contributed by atoms with Crippen molar-refractivity contribution in [2.45, 2.75) is 19.8 Å². The maximum Gasteiger partial charge on any atom is 0.133 e. The Morgan fingerprint density at radius 3 is 3.00 bits per heavy atom. The Hall–Kier alpha value is -1.83. The highest BCUT2D eigenvalue weighted by atomic mass is 15.2. The molecular weight excluding hydrogens is 202 g/mol. The maximum absolute atomic E-state index is 8.43. The van der Waals surface area contributed by atoms with E-state index in [1.165, 1.54) is 6.33 Å². The molecule has 0 saturated carbocycles. The Labute approximate surface area is 96.1 Å². The summed E-state index contributed by atoms with van der Waals surface area (Å²) in [5.74, 6) is 1.67. The van der Waals surface area contributed by atoms with Crippen LogP contribution in [-0.2, 0) is 0 Å². The van der Waals surface area contributed by atoms with Gasteiger partial charge in [-0.3, -0.25) is 0 Å². The largest absolute Gasteiger partial charge is 0.369 e. The number of anilines is 2. The Morgan fingerprint density at radius 2 is 2.31 bits per heavy atom. The predicted molar refractivity (Wildman–Crippen MR) is 64.3 cm³/mol. The molecule has 0 atom stereocenters. The van der Waals surface area contributed by atoms with E-state index in [2.05, 4.69) is 33.2 Å². The normalized spacial score (nSPS) is 9.56. The van der Waals surface area contributed by atoms with Gasteiger partial charge in [0.05, 0.1) is 12.5 Å². The highest BCUT2D eigenvalue weighted by Gasteiger charge is 2.02. The van der Waals surface area contributed by atoms with Crippen molar-refractivity contribution >= 4 is 11.6 Å². The lowest BCUT2D eigenvalue weighted by molar-refractivity contribution is 0.834. The van der Waals surface area contributed by atoms with E-state index in [0.717, 1.165) is 24.6 Å². The first-order valence-corrected chi connectivity index (χ1v) is 5.42. The van der Waals surface area contributed by atoms with Crippen molar-refractivity contribution in [3.05, 3.63) is 12.4 Å². The Balaban J connectivity index is 2.60. The van der Waals surface area contributed by atoms with Gasteiger partial charge in [-0.05, 0) is 6.42 Å². The molecule has 0 aromatic carbocycles. The lowest BCUT2D eigenvalue weighted by atomic mass is 10.4. The van der Waals surface area contributed by atoms with Crippen LogP contribution in [-0.4, -0.2) is 30.1 Å². The highest BCUT2D eigenvalue weighted by Crippen LogP contribution is 2.12. The summed E-state index contributed by atoms with van der Waals surface area (Å²) in [7, 11) is 2.00. The zero-order valence-corrected chi connectivity index (χ0v) is 9.77. The summed E-state index contributed by atoms with van der Waals surface area (Å²) in [6.45, 7) is 3.71. The van der Waals surface area contributed by atoms with E-state index >= 15 is 0 Å². The number of nitriles is 1. The fraction of sp³-hybridized carbons (Fsp3) is 0.545. The maximum atomic E-state index is 8.43. The minimum absolute atomic E-state index is 0.476. The molecule has 0 saturated heterocycles. The van der Waals surface area contributed by atoms with E-state index in [0.29, 0.717) is 13.0 Å². The number of nitrogens with one attached hydrogen (secondary N) is 1. The van der Waals surface area contributed by atoms with Gasteiger partial charge in [-0.1, -0.05) is 6.92 Å². The second kappa shape index (κ2) is 6.62. The zero-order chi connectivity index (χ0) is 11.8. The average Bonchev–Trinajstić information content (AvgIpc) is 2.30. The van der Waals surface area contributed by atoms with Crippen molar-refractivity contribution in [2.75, 3.05) is 30.4 Å². The van der Waals surface area contributed by atoms with Crippen LogP contribution in [0.25, 0.3) is 0 Å². The molecule has 0 fully saturated rings. The first kappa shape index (κ1) is 12.2. The van der Waals surface area contributed by atoms with Gasteiger partial charge in [0.25, 0.3) is 0 Å². The van der Waals surface area contributed by atoms with E-state index in [1.54, 1.807) is 0 Å². The molecule has 1 N–H and O–H groups in total. The number of hydrogen-bond acceptors (Lipinski definition) is 5. The molecule has 1 rings (SSSR count). The quantitative estimate of drug-likeness (QED) is 0.737. The lowest BCUT2D eigenvalue weighted by Gasteiger charge is -2.17. The fourth-order valence-electron chi connectivity index (χ4n) is 1.35. The van der Waals surface area contributed by atoms with Gasteiger partial charge in [0.15, 0.2) is 0 Å². The van der Waals surface area contributed by atoms with Gasteiger partial charge in [-0.25, -0.2) is 9.97 Å². The fourth-order valence-corrected chi connectivity index (χ4v) is 1.35. The molecule has 0 unspecified atom stereocenters. The molecule has 1 aromatic rings. The monoisotopic (exact) mass is 219 g/mol. The first-order valence-electron chi connectivity index (χ1n) is 5.42. The van der Waals surface area contributed by atoms with Crippen molar-refractivity contribution in [1.29, 1.82) is 5.26 Å². The van der Waals surface area contributed by atoms with Crippen LogP contribution < -0.4 is 10.2 Å². The van der Waals surface area contributed by atoms with E-state index in [1.807, 2.05) is 13.1 Å². The summed E-state index contributed by atoms with van der Waals surface area (Å²) in [5.41, 5.74) is 0. The van der Waals surface area contributed by atoms with Crippen LogP contribution in [0, 0.1) is 11.3 Å². The number of rotatable bonds is 6. The van der Waals surface area contributed by atoms with Crippen LogP contribution >= 0.6 is 0 Å². The Morgan fingerprint density at radius 1 is 1.50 bits per heavy atom. The van der Waals surface area contributed by atoms with Gasteiger partial charge >= 0.3 is 0 Å². The number of nitrogens with zero attached hydrogens (tertiary/aromatic N) is 4. The van der Waals surface area contributed by atoms with E-state index in [-0.39, 0.29) is 0 Å². The van der Waals surface area contributed by atoms with Crippen LogP contribution in [0.2, 0.25) is 0 Å². The summed E-state index contributed by atoms with van der Waals surface area (Å²) < 4.78 is 0. The van der Waals surface area contributed by atoms with E-state index in [4.69, 9.17) is 5.26 Å². The van der Waals surface area contributed by atoms with Crippen LogP contribution in [0.5, 0.6) is 0 Å². The van der Waals surface area contributed by atoms with Crippen LogP contribution in [0.1, 0.15) is 19.8 Å². The lowest BCUT2D eigenvalue weighted by Crippen LogP contribution is -2.19. The Bertz CT molecular complexity index is 358. The molecule has 86 valence electrons. The smallest absolute Gasteiger partial charge is 0.133 e. The molecule has 0 aliphatic heterocycles. The molecule has 1 heterocycles. The van der Waals surface area contributed by atoms with Gasteiger partial charge in [-0.15, -0.1) is 0 Å². The van der Waals surface area contributed by atoms with Crippen molar-refractivity contribution in [1.82, 2.24) is 9.97 Å². The number of hydrogen-bond donors (Lipinski definition) is 1. The third kappa shape index (κ3) is 3.73. The zero-order valence-electron chi connectivity index (χ0n) is 9.77. The molecule has 0 aliphatic carbocycles. The Kier molecular flexibility index (Phi) is 5.06. The topological polar surface area (TPSA) is 64.8 Å².